The van der Waals surface area contributed by atoms with E-state index in [0.29, 0.717) is 6.04 Å². The number of aromatic nitrogens is 1. The zero-order chi connectivity index (χ0) is 13.1. The zero-order valence-electron chi connectivity index (χ0n) is 11.2. The summed E-state index contributed by atoms with van der Waals surface area (Å²) in [6.07, 6.45) is 0. The summed E-state index contributed by atoms with van der Waals surface area (Å²) in [5.74, 6) is 0.870. The maximum absolute atomic E-state index is 5.39. The maximum Gasteiger partial charge on any atom is 0.129 e. The fourth-order valence-electron chi connectivity index (χ4n) is 1.88. The molecule has 1 N–H and O–H groups in total. The lowest BCUT2D eigenvalue weighted by atomic mass is 10.2. The van der Waals surface area contributed by atoms with E-state index in [-0.39, 0.29) is 0 Å². The molecule has 0 bridgehead atoms. The predicted molar refractivity (Wildman–Crippen MR) is 76.3 cm³/mol. The van der Waals surface area contributed by atoms with Crippen molar-refractivity contribution < 1.29 is 4.74 Å². The van der Waals surface area contributed by atoms with Crippen molar-refractivity contribution in [1.29, 1.82) is 0 Å². The third kappa shape index (κ3) is 2.40. The topological polar surface area (TPSA) is 34.1 Å². The number of hydrogen-bond acceptors (Lipinski definition) is 4. The number of thiazole rings is 1. The molecule has 1 aromatic carbocycles. The monoisotopic (exact) mass is 262 g/mol. The summed E-state index contributed by atoms with van der Waals surface area (Å²) in [7, 11) is 3.66. The molecule has 1 aromatic heterocycles. The second kappa shape index (κ2) is 5.50. The van der Waals surface area contributed by atoms with E-state index in [1.165, 1.54) is 4.88 Å². The molecular weight excluding hydrogens is 244 g/mol. The van der Waals surface area contributed by atoms with E-state index in [0.717, 1.165) is 22.0 Å². The summed E-state index contributed by atoms with van der Waals surface area (Å²) >= 11 is 1.72. The van der Waals surface area contributed by atoms with Crippen molar-refractivity contribution in [2.45, 2.75) is 19.9 Å². The zero-order valence-corrected chi connectivity index (χ0v) is 12.0. The highest BCUT2D eigenvalue weighted by molar-refractivity contribution is 7.15. The number of hydrogen-bond donors (Lipinski definition) is 1. The molecule has 18 heavy (non-hydrogen) atoms. The first-order valence-corrected chi connectivity index (χ1v) is 6.77. The molecule has 0 saturated heterocycles. The molecule has 1 unspecified atom stereocenters. The van der Waals surface area contributed by atoms with Crippen LogP contribution in [0.1, 0.15) is 23.5 Å². The minimum atomic E-state index is 0.325. The van der Waals surface area contributed by atoms with Crippen molar-refractivity contribution in [2.24, 2.45) is 0 Å². The van der Waals surface area contributed by atoms with Crippen molar-refractivity contribution in [3.63, 3.8) is 0 Å². The highest BCUT2D eigenvalue weighted by atomic mass is 32.1. The van der Waals surface area contributed by atoms with E-state index in [1.807, 2.05) is 31.3 Å². The quantitative estimate of drug-likeness (QED) is 0.917. The Labute approximate surface area is 112 Å². The molecule has 0 amide bonds. The van der Waals surface area contributed by atoms with Crippen LogP contribution >= 0.6 is 11.3 Å². The predicted octanol–water partition coefficient (Wildman–Crippen LogP) is 3.41. The molecule has 4 heteroatoms. The minimum Gasteiger partial charge on any atom is -0.496 e. The highest BCUT2D eigenvalue weighted by Crippen LogP contribution is 2.36. The highest BCUT2D eigenvalue weighted by Gasteiger charge is 2.15. The molecule has 0 spiro atoms. The van der Waals surface area contributed by atoms with E-state index in [2.05, 4.69) is 24.1 Å². The summed E-state index contributed by atoms with van der Waals surface area (Å²) in [4.78, 5) is 5.93. The molecule has 0 fully saturated rings. The second-order valence-electron chi connectivity index (χ2n) is 4.18. The summed E-state index contributed by atoms with van der Waals surface area (Å²) in [6, 6.07) is 8.32. The first-order valence-electron chi connectivity index (χ1n) is 5.95. The van der Waals surface area contributed by atoms with Gasteiger partial charge in [-0.05, 0) is 33.0 Å². The number of methoxy groups -OCH3 is 1. The third-order valence-electron chi connectivity index (χ3n) is 3.00. The van der Waals surface area contributed by atoms with Crippen LogP contribution in [0.15, 0.2) is 24.3 Å². The Morgan fingerprint density at radius 1 is 1.33 bits per heavy atom. The van der Waals surface area contributed by atoms with Gasteiger partial charge < -0.3 is 10.1 Å². The van der Waals surface area contributed by atoms with Gasteiger partial charge in [0.15, 0.2) is 0 Å². The summed E-state index contributed by atoms with van der Waals surface area (Å²) in [5.41, 5.74) is 2.14. The van der Waals surface area contributed by atoms with Gasteiger partial charge in [0.05, 0.1) is 18.4 Å². The Hall–Kier alpha value is -1.39. The van der Waals surface area contributed by atoms with Gasteiger partial charge in [0.2, 0.25) is 0 Å². The lowest BCUT2D eigenvalue weighted by Gasteiger charge is -2.07. The number of rotatable bonds is 4. The van der Waals surface area contributed by atoms with Gasteiger partial charge >= 0.3 is 0 Å². The first-order chi connectivity index (χ1) is 8.67. The molecule has 1 atom stereocenters. The van der Waals surface area contributed by atoms with Gasteiger partial charge in [-0.15, -0.1) is 11.3 Å². The van der Waals surface area contributed by atoms with E-state index < -0.39 is 0 Å². The molecule has 0 aliphatic rings. The molecule has 1 heterocycles. The van der Waals surface area contributed by atoms with Gasteiger partial charge in [-0.2, -0.15) is 0 Å². The van der Waals surface area contributed by atoms with Gasteiger partial charge in [-0.3, -0.25) is 0 Å². The van der Waals surface area contributed by atoms with Crippen molar-refractivity contribution in [3.05, 3.63) is 34.8 Å². The fourth-order valence-corrected chi connectivity index (χ4v) is 3.04. The summed E-state index contributed by atoms with van der Waals surface area (Å²) in [6.45, 7) is 4.20. The molecule has 3 nitrogen and oxygen atoms in total. The SMILES string of the molecule is CNC(C)c1sc(-c2ccccc2OC)nc1C. The number of ether oxygens (including phenoxy) is 1. The normalized spacial score (nSPS) is 12.4. The number of nitrogens with one attached hydrogen (secondary N) is 1. The Morgan fingerprint density at radius 3 is 2.72 bits per heavy atom. The van der Waals surface area contributed by atoms with Crippen LogP contribution in [0.3, 0.4) is 0 Å². The summed E-state index contributed by atoms with van der Waals surface area (Å²) in [5, 5.41) is 4.27. The van der Waals surface area contributed by atoms with Crippen molar-refractivity contribution >= 4 is 11.3 Å². The molecule has 96 valence electrons. The Bertz CT molecular complexity index is 536. The molecule has 2 aromatic rings. The van der Waals surface area contributed by atoms with Crippen LogP contribution in [0.25, 0.3) is 10.6 Å². The van der Waals surface area contributed by atoms with Crippen molar-refractivity contribution in [3.8, 4) is 16.3 Å². The van der Waals surface area contributed by atoms with Crippen LogP contribution in [0.2, 0.25) is 0 Å². The molecule has 2 rings (SSSR count). The van der Waals surface area contributed by atoms with E-state index in [1.54, 1.807) is 18.4 Å². The van der Waals surface area contributed by atoms with Crippen LogP contribution in [-0.2, 0) is 0 Å². The average Bonchev–Trinajstić information content (AvgIpc) is 2.79. The Morgan fingerprint density at radius 2 is 2.06 bits per heavy atom. The van der Waals surface area contributed by atoms with Gasteiger partial charge in [-0.25, -0.2) is 4.98 Å². The standard InChI is InChI=1S/C14H18N2OS/c1-9(15-3)13-10(2)16-14(18-13)11-7-5-6-8-12(11)17-4/h5-9,15H,1-4H3. The van der Waals surface area contributed by atoms with Gasteiger partial charge in [0.25, 0.3) is 0 Å². The largest absolute Gasteiger partial charge is 0.496 e. The van der Waals surface area contributed by atoms with Gasteiger partial charge in [0, 0.05) is 10.9 Å². The third-order valence-corrected chi connectivity index (χ3v) is 4.37. The molecule has 0 saturated carbocycles. The average molecular weight is 262 g/mol. The Balaban J connectivity index is 2.46. The van der Waals surface area contributed by atoms with Crippen molar-refractivity contribution in [1.82, 2.24) is 10.3 Å². The number of benzene rings is 1. The number of aryl methyl sites for hydroxylation is 1. The van der Waals surface area contributed by atoms with Gasteiger partial charge in [0.1, 0.15) is 10.8 Å². The fraction of sp³-hybridized carbons (Fsp3) is 0.357. The van der Waals surface area contributed by atoms with Crippen molar-refractivity contribution in [2.75, 3.05) is 14.2 Å². The van der Waals surface area contributed by atoms with Crippen LogP contribution in [0.5, 0.6) is 5.75 Å². The molecule has 0 radical (unpaired) electrons. The molecular formula is C14H18N2OS. The number of nitrogens with zero attached hydrogens (tertiary/aromatic N) is 1. The first kappa shape index (κ1) is 13.1. The van der Waals surface area contributed by atoms with Gasteiger partial charge in [-0.1, -0.05) is 12.1 Å². The smallest absolute Gasteiger partial charge is 0.129 e. The number of para-hydroxylation sites is 1. The van der Waals surface area contributed by atoms with Crippen LogP contribution in [-0.4, -0.2) is 19.1 Å². The van der Waals surface area contributed by atoms with Crippen LogP contribution in [0.4, 0.5) is 0 Å². The lowest BCUT2D eigenvalue weighted by molar-refractivity contribution is 0.416. The molecule has 0 aliphatic heterocycles. The summed E-state index contributed by atoms with van der Waals surface area (Å²) < 4.78 is 5.39. The lowest BCUT2D eigenvalue weighted by Crippen LogP contribution is -2.11. The van der Waals surface area contributed by atoms with E-state index in [4.69, 9.17) is 4.74 Å². The van der Waals surface area contributed by atoms with Crippen LogP contribution in [0, 0.1) is 6.92 Å². The second-order valence-corrected chi connectivity index (χ2v) is 5.21. The Kier molecular flexibility index (Phi) is 3.99. The van der Waals surface area contributed by atoms with E-state index >= 15 is 0 Å². The minimum absolute atomic E-state index is 0.325. The van der Waals surface area contributed by atoms with E-state index in [9.17, 15) is 0 Å². The maximum atomic E-state index is 5.39. The van der Waals surface area contributed by atoms with Crippen LogP contribution < -0.4 is 10.1 Å². The molecule has 0 aliphatic carbocycles.